The molecule has 280 valence electrons. The van der Waals surface area contributed by atoms with Crippen LogP contribution in [0.2, 0.25) is 13.1 Å². The second-order valence-corrected chi connectivity index (χ2v) is 20.2. The van der Waals surface area contributed by atoms with Crippen LogP contribution >= 0.6 is 0 Å². The highest BCUT2D eigenvalue weighted by atomic mass is 28.3. The zero-order valence-electron chi connectivity index (χ0n) is 31.1. The molecule has 8 rings (SSSR count). The van der Waals surface area contributed by atoms with Crippen LogP contribution in [-0.4, -0.2) is 8.07 Å². The van der Waals surface area contributed by atoms with Crippen LogP contribution in [0.1, 0.15) is 78.6 Å². The highest BCUT2D eigenvalue weighted by Crippen LogP contribution is 2.59. The molecule has 2 aliphatic carbocycles. The predicted molar refractivity (Wildman–Crippen MR) is 209 cm³/mol. The molecule has 2 aliphatic rings. The smallest absolute Gasteiger partial charge is 0.416 e. The molecule has 2 nitrogen and oxygen atoms in total. The second kappa shape index (κ2) is 12.9. The van der Waals surface area contributed by atoms with Crippen LogP contribution in [0.3, 0.4) is 0 Å². The average molecular weight is 765 g/mol. The third-order valence-electron chi connectivity index (χ3n) is 11.4. The van der Waals surface area contributed by atoms with Gasteiger partial charge in [0.05, 0.1) is 19.2 Å². The van der Waals surface area contributed by atoms with Gasteiger partial charge in [0.25, 0.3) is 0 Å². The van der Waals surface area contributed by atoms with Gasteiger partial charge in [-0.25, -0.2) is 0 Å². The zero-order chi connectivity index (χ0) is 39.2. The first-order valence-corrected chi connectivity index (χ1v) is 21.3. The molecular weight excluding hydrogens is 727 g/mol. The standard InChI is InChI=1S/C46H38F6O2Si/c1-25-7-19-33-35(41(25)29-11-15-31(16-12-29)45(47,48)49)23-37(39-21-9-27(3)53-39)43(33)55(5,6)44-34-20-8-26(2)42(30-13-17-32(18-14-30)46(50,51)52)36(34)24-38(44)40-22-10-28(4)54-40/h7-24,43-44H,1-6H3. The van der Waals surface area contributed by atoms with Gasteiger partial charge in [-0.05, 0) is 144 Å². The summed E-state index contributed by atoms with van der Waals surface area (Å²) in [7, 11) is -2.72. The Kier molecular flexibility index (Phi) is 8.61. The van der Waals surface area contributed by atoms with E-state index in [4.69, 9.17) is 8.83 Å². The molecule has 2 atom stereocenters. The van der Waals surface area contributed by atoms with Crippen LogP contribution in [0.4, 0.5) is 26.3 Å². The average Bonchev–Trinajstić information content (AvgIpc) is 3.92. The molecule has 0 bridgehead atoms. The number of allylic oxidation sites excluding steroid dienone is 2. The number of alkyl halides is 6. The quantitative estimate of drug-likeness (QED) is 0.125. The second-order valence-electron chi connectivity index (χ2n) is 15.4. The van der Waals surface area contributed by atoms with Gasteiger partial charge >= 0.3 is 12.4 Å². The summed E-state index contributed by atoms with van der Waals surface area (Å²) >= 11 is 0. The number of hydrogen-bond acceptors (Lipinski definition) is 2. The zero-order valence-corrected chi connectivity index (χ0v) is 32.1. The van der Waals surface area contributed by atoms with Gasteiger partial charge in [0, 0.05) is 22.2 Å². The van der Waals surface area contributed by atoms with Crippen molar-refractivity contribution in [1.82, 2.24) is 0 Å². The van der Waals surface area contributed by atoms with Gasteiger partial charge in [0.15, 0.2) is 0 Å². The van der Waals surface area contributed by atoms with E-state index in [0.717, 1.165) is 103 Å². The maximum absolute atomic E-state index is 13.6. The van der Waals surface area contributed by atoms with E-state index in [9.17, 15) is 26.3 Å². The monoisotopic (exact) mass is 764 g/mol. The number of aryl methyl sites for hydroxylation is 4. The van der Waals surface area contributed by atoms with Crippen molar-refractivity contribution < 1.29 is 35.2 Å². The van der Waals surface area contributed by atoms with Gasteiger partial charge in [-0.3, -0.25) is 0 Å². The number of furan rings is 2. The van der Waals surface area contributed by atoms with Crippen molar-refractivity contribution in [2.75, 3.05) is 0 Å². The van der Waals surface area contributed by atoms with Gasteiger partial charge in [0.1, 0.15) is 23.0 Å². The fourth-order valence-corrected chi connectivity index (χ4v) is 13.4. The predicted octanol–water partition coefficient (Wildman–Crippen LogP) is 14.2. The first-order valence-electron chi connectivity index (χ1n) is 18.1. The Morgan fingerprint density at radius 1 is 0.473 bits per heavy atom. The fraction of sp³-hybridized carbons (Fsp3) is 0.217. The van der Waals surface area contributed by atoms with E-state index >= 15 is 0 Å². The van der Waals surface area contributed by atoms with Crippen molar-refractivity contribution in [3.8, 4) is 22.3 Å². The van der Waals surface area contributed by atoms with E-state index in [1.54, 1.807) is 24.3 Å². The molecule has 0 amide bonds. The molecule has 2 heterocycles. The van der Waals surface area contributed by atoms with E-state index in [0.29, 0.717) is 11.1 Å². The molecule has 9 heteroatoms. The largest absolute Gasteiger partial charge is 0.462 e. The Hall–Kier alpha value is -5.28. The first kappa shape index (κ1) is 36.7. The van der Waals surface area contributed by atoms with Crippen LogP contribution in [0, 0.1) is 27.7 Å². The van der Waals surface area contributed by atoms with Crippen LogP contribution in [0.25, 0.3) is 45.6 Å². The molecule has 0 saturated carbocycles. The van der Waals surface area contributed by atoms with Gasteiger partial charge in [-0.1, -0.05) is 61.6 Å². The van der Waals surface area contributed by atoms with Crippen LogP contribution in [-0.2, 0) is 12.4 Å². The van der Waals surface area contributed by atoms with Gasteiger partial charge in [-0.15, -0.1) is 0 Å². The lowest BCUT2D eigenvalue weighted by molar-refractivity contribution is -0.138. The van der Waals surface area contributed by atoms with E-state index in [2.05, 4.69) is 49.5 Å². The normalized spacial score (nSPS) is 16.9. The summed E-state index contributed by atoms with van der Waals surface area (Å²) in [6.45, 7) is 12.5. The summed E-state index contributed by atoms with van der Waals surface area (Å²) in [5.41, 5.74) is 9.51. The summed E-state index contributed by atoms with van der Waals surface area (Å²) in [4.78, 5) is 0. The van der Waals surface area contributed by atoms with Crippen molar-refractivity contribution in [2.24, 2.45) is 0 Å². The maximum atomic E-state index is 13.6. The van der Waals surface area contributed by atoms with E-state index in [1.165, 1.54) is 0 Å². The van der Waals surface area contributed by atoms with Crippen molar-refractivity contribution in [3.63, 3.8) is 0 Å². The molecule has 2 unspecified atom stereocenters. The summed E-state index contributed by atoms with van der Waals surface area (Å²) in [5.74, 6) is 3.00. The number of benzene rings is 4. The summed E-state index contributed by atoms with van der Waals surface area (Å²) < 4.78 is 94.2. The third-order valence-corrected chi connectivity index (χ3v) is 15.6. The Bertz CT molecular complexity index is 2350. The number of fused-ring (bicyclic) bond motifs is 2. The molecule has 2 aromatic heterocycles. The Balaban J connectivity index is 1.33. The SMILES string of the molecule is Cc1ccc(C2=Cc3c(ccc(C)c3-c3ccc(C(F)(F)F)cc3)C2[Si](C)(C)C2C(c3ccc(C)o3)=Cc3c2ccc(C)c3-c2ccc(C(F)(F)F)cc2)o1. The molecule has 0 fully saturated rings. The maximum Gasteiger partial charge on any atom is 0.416 e. The van der Waals surface area contributed by atoms with Gasteiger partial charge < -0.3 is 8.83 Å². The highest BCUT2D eigenvalue weighted by Gasteiger charge is 2.51. The van der Waals surface area contributed by atoms with Gasteiger partial charge in [-0.2, -0.15) is 26.3 Å². The Morgan fingerprint density at radius 2 is 0.836 bits per heavy atom. The first-order chi connectivity index (χ1) is 25.9. The third kappa shape index (κ3) is 6.22. The Morgan fingerprint density at radius 3 is 1.15 bits per heavy atom. The van der Waals surface area contributed by atoms with Crippen LogP contribution < -0.4 is 0 Å². The lowest BCUT2D eigenvalue weighted by Crippen LogP contribution is -2.42. The molecule has 55 heavy (non-hydrogen) atoms. The van der Waals surface area contributed by atoms with Gasteiger partial charge in [0.2, 0.25) is 0 Å². The van der Waals surface area contributed by atoms with Crippen molar-refractivity contribution in [1.29, 1.82) is 0 Å². The van der Waals surface area contributed by atoms with Crippen molar-refractivity contribution in [3.05, 3.63) is 165 Å². The number of halogens is 6. The molecule has 0 radical (unpaired) electrons. The van der Waals surface area contributed by atoms with Crippen molar-refractivity contribution in [2.45, 2.75) is 64.2 Å². The molecule has 4 aromatic carbocycles. The lowest BCUT2D eigenvalue weighted by atomic mass is 9.92. The number of hydrogen-bond donors (Lipinski definition) is 0. The summed E-state index contributed by atoms with van der Waals surface area (Å²) in [6.07, 6.45) is -4.58. The molecule has 6 aromatic rings. The van der Waals surface area contributed by atoms with E-state index in [-0.39, 0.29) is 11.1 Å². The van der Waals surface area contributed by atoms with Crippen molar-refractivity contribution >= 4 is 31.4 Å². The topological polar surface area (TPSA) is 26.3 Å². The van der Waals surface area contributed by atoms with E-state index in [1.807, 2.05) is 52.0 Å². The minimum absolute atomic E-state index is 0.118. The minimum Gasteiger partial charge on any atom is -0.462 e. The highest BCUT2D eigenvalue weighted by molar-refractivity contribution is 6.84. The lowest BCUT2D eigenvalue weighted by Gasteiger charge is -2.39. The van der Waals surface area contributed by atoms with Crippen LogP contribution in [0.5, 0.6) is 0 Å². The Labute approximate surface area is 316 Å². The fourth-order valence-electron chi connectivity index (χ4n) is 8.91. The molecule has 0 aliphatic heterocycles. The minimum atomic E-state index is -4.45. The summed E-state index contributed by atoms with van der Waals surface area (Å²) in [5, 5.41) is 0. The number of rotatable bonds is 6. The summed E-state index contributed by atoms with van der Waals surface area (Å²) in [6, 6.07) is 27.0. The molecule has 0 saturated heterocycles. The molecular formula is C46H38F6O2Si. The van der Waals surface area contributed by atoms with Crippen LogP contribution in [0.15, 0.2) is 106 Å². The van der Waals surface area contributed by atoms with E-state index < -0.39 is 31.6 Å². The molecule has 0 spiro atoms. The molecule has 0 N–H and O–H groups in total.